The Kier molecular flexibility index (Phi) is 5.76. The topological polar surface area (TPSA) is 75.6 Å². The van der Waals surface area contributed by atoms with Gasteiger partial charge in [0.25, 0.3) is 5.91 Å². The number of para-hydroxylation sites is 1. The summed E-state index contributed by atoms with van der Waals surface area (Å²) in [6.45, 7) is 2.60. The summed E-state index contributed by atoms with van der Waals surface area (Å²) in [6.07, 6.45) is 0.890. The van der Waals surface area contributed by atoms with Gasteiger partial charge in [0.2, 0.25) is 0 Å². The molecule has 0 unspecified atom stereocenters. The molecule has 2 aromatic rings. The molecular formula is C17H16BrNO4. The van der Waals surface area contributed by atoms with Gasteiger partial charge in [0.15, 0.2) is 0 Å². The van der Waals surface area contributed by atoms with E-state index < -0.39 is 5.97 Å². The van der Waals surface area contributed by atoms with Crippen LogP contribution in [0.4, 0.5) is 5.69 Å². The van der Waals surface area contributed by atoms with Crippen LogP contribution in [-0.2, 0) is 0 Å². The number of halogens is 1. The van der Waals surface area contributed by atoms with Gasteiger partial charge in [0, 0.05) is 5.56 Å². The van der Waals surface area contributed by atoms with Gasteiger partial charge in [-0.15, -0.1) is 0 Å². The highest BCUT2D eigenvalue weighted by atomic mass is 79.9. The normalized spacial score (nSPS) is 10.2. The van der Waals surface area contributed by atoms with E-state index in [0.29, 0.717) is 22.4 Å². The van der Waals surface area contributed by atoms with E-state index in [2.05, 4.69) is 21.2 Å². The molecule has 2 aromatic carbocycles. The summed E-state index contributed by atoms with van der Waals surface area (Å²) in [4.78, 5) is 23.5. The van der Waals surface area contributed by atoms with Crippen LogP contribution < -0.4 is 10.1 Å². The third-order valence-electron chi connectivity index (χ3n) is 3.06. The van der Waals surface area contributed by atoms with E-state index in [4.69, 9.17) is 9.84 Å². The van der Waals surface area contributed by atoms with E-state index in [9.17, 15) is 9.59 Å². The van der Waals surface area contributed by atoms with Crippen LogP contribution in [0.2, 0.25) is 0 Å². The lowest BCUT2D eigenvalue weighted by molar-refractivity contribution is 0.0698. The molecule has 0 heterocycles. The highest BCUT2D eigenvalue weighted by Gasteiger charge is 2.14. The number of carbonyl (C=O) groups excluding carboxylic acids is 1. The van der Waals surface area contributed by atoms with Crippen LogP contribution in [-0.4, -0.2) is 23.6 Å². The molecule has 0 aliphatic carbocycles. The van der Waals surface area contributed by atoms with E-state index in [1.807, 2.05) is 6.92 Å². The summed E-state index contributed by atoms with van der Waals surface area (Å²) in [5.74, 6) is -0.818. The maximum Gasteiger partial charge on any atom is 0.337 e. The number of hydrogen-bond acceptors (Lipinski definition) is 3. The van der Waals surface area contributed by atoms with E-state index in [1.54, 1.807) is 36.4 Å². The van der Waals surface area contributed by atoms with Gasteiger partial charge in [0.05, 0.1) is 22.3 Å². The van der Waals surface area contributed by atoms with Crippen LogP contribution >= 0.6 is 15.9 Å². The van der Waals surface area contributed by atoms with Gasteiger partial charge < -0.3 is 15.2 Å². The Morgan fingerprint density at radius 1 is 1.22 bits per heavy atom. The minimum absolute atomic E-state index is 0.0443. The molecule has 0 fully saturated rings. The van der Waals surface area contributed by atoms with Crippen LogP contribution in [0.15, 0.2) is 46.9 Å². The van der Waals surface area contributed by atoms with Crippen molar-refractivity contribution in [1.29, 1.82) is 0 Å². The minimum Gasteiger partial charge on any atom is -0.492 e. The van der Waals surface area contributed by atoms with E-state index in [1.165, 1.54) is 6.07 Å². The number of aromatic carboxylic acids is 1. The third-order valence-corrected chi connectivity index (χ3v) is 3.68. The van der Waals surface area contributed by atoms with Crippen molar-refractivity contribution >= 4 is 33.5 Å². The zero-order valence-corrected chi connectivity index (χ0v) is 14.1. The molecule has 120 valence electrons. The molecule has 0 saturated carbocycles. The van der Waals surface area contributed by atoms with Crippen molar-refractivity contribution in [3.63, 3.8) is 0 Å². The molecule has 2 rings (SSSR count). The first kappa shape index (κ1) is 17.0. The predicted octanol–water partition coefficient (Wildman–Crippen LogP) is 4.19. The van der Waals surface area contributed by atoms with Crippen LogP contribution in [0, 0.1) is 0 Å². The average Bonchev–Trinajstić information content (AvgIpc) is 2.54. The number of carboxylic acids is 1. The standard InChI is InChI=1S/C17H16BrNO4/c1-2-9-23-15-8-7-11(10-13(15)18)16(20)19-14-6-4-3-5-12(14)17(21)22/h3-8,10H,2,9H2,1H3,(H,19,20)(H,21,22). The number of anilines is 1. The number of nitrogens with one attached hydrogen (secondary N) is 1. The molecule has 6 heteroatoms. The second-order valence-electron chi connectivity index (χ2n) is 4.80. The molecule has 0 spiro atoms. The minimum atomic E-state index is -1.09. The maximum absolute atomic E-state index is 12.3. The Labute approximate surface area is 142 Å². The zero-order chi connectivity index (χ0) is 16.8. The first-order valence-corrected chi connectivity index (χ1v) is 7.88. The van der Waals surface area contributed by atoms with Gasteiger partial charge in [0.1, 0.15) is 5.75 Å². The van der Waals surface area contributed by atoms with Crippen LogP contribution in [0.3, 0.4) is 0 Å². The number of carboxylic acid groups (broad SMARTS) is 1. The molecule has 0 radical (unpaired) electrons. The quantitative estimate of drug-likeness (QED) is 0.791. The summed E-state index contributed by atoms with van der Waals surface area (Å²) in [5.41, 5.74) is 0.705. The lowest BCUT2D eigenvalue weighted by Crippen LogP contribution is -2.14. The lowest BCUT2D eigenvalue weighted by atomic mass is 10.1. The molecule has 0 atom stereocenters. The summed E-state index contributed by atoms with van der Waals surface area (Å²) in [5, 5.41) is 11.8. The summed E-state index contributed by atoms with van der Waals surface area (Å²) in [6, 6.07) is 11.2. The Morgan fingerprint density at radius 3 is 2.61 bits per heavy atom. The number of rotatable bonds is 6. The molecule has 0 aromatic heterocycles. The van der Waals surface area contributed by atoms with Crippen molar-refractivity contribution in [2.45, 2.75) is 13.3 Å². The number of ether oxygens (including phenoxy) is 1. The van der Waals surface area contributed by atoms with Crippen molar-refractivity contribution in [2.75, 3.05) is 11.9 Å². The van der Waals surface area contributed by atoms with Crippen LogP contribution in [0.1, 0.15) is 34.1 Å². The molecular weight excluding hydrogens is 362 g/mol. The maximum atomic E-state index is 12.3. The summed E-state index contributed by atoms with van der Waals surface area (Å²) in [7, 11) is 0. The zero-order valence-electron chi connectivity index (χ0n) is 12.5. The largest absolute Gasteiger partial charge is 0.492 e. The second kappa shape index (κ2) is 7.78. The number of carbonyl (C=O) groups is 2. The van der Waals surface area contributed by atoms with Crippen molar-refractivity contribution in [2.24, 2.45) is 0 Å². The van der Waals surface area contributed by atoms with Crippen LogP contribution in [0.5, 0.6) is 5.75 Å². The highest BCUT2D eigenvalue weighted by molar-refractivity contribution is 9.10. The van der Waals surface area contributed by atoms with Crippen molar-refractivity contribution in [3.05, 3.63) is 58.1 Å². The van der Waals surface area contributed by atoms with Crippen molar-refractivity contribution in [3.8, 4) is 5.75 Å². The summed E-state index contributed by atoms with van der Waals surface area (Å²) >= 11 is 3.37. The van der Waals surface area contributed by atoms with E-state index >= 15 is 0 Å². The van der Waals surface area contributed by atoms with Gasteiger partial charge in [-0.2, -0.15) is 0 Å². The highest BCUT2D eigenvalue weighted by Crippen LogP contribution is 2.27. The molecule has 1 amide bonds. The Bertz CT molecular complexity index is 730. The molecule has 2 N–H and O–H groups in total. The fourth-order valence-electron chi connectivity index (χ4n) is 1.94. The number of hydrogen-bond donors (Lipinski definition) is 2. The number of amides is 1. The van der Waals surface area contributed by atoms with Crippen LogP contribution in [0.25, 0.3) is 0 Å². The molecule has 0 aliphatic heterocycles. The Morgan fingerprint density at radius 2 is 1.96 bits per heavy atom. The smallest absolute Gasteiger partial charge is 0.337 e. The second-order valence-corrected chi connectivity index (χ2v) is 5.65. The summed E-state index contributed by atoms with van der Waals surface area (Å²) < 4.78 is 6.20. The Balaban J connectivity index is 2.18. The lowest BCUT2D eigenvalue weighted by Gasteiger charge is -2.10. The molecule has 5 nitrogen and oxygen atoms in total. The first-order chi connectivity index (χ1) is 11.0. The van der Waals surface area contributed by atoms with Crippen molar-refractivity contribution < 1.29 is 19.4 Å². The van der Waals surface area contributed by atoms with Gasteiger partial charge >= 0.3 is 5.97 Å². The molecule has 23 heavy (non-hydrogen) atoms. The average molecular weight is 378 g/mol. The monoisotopic (exact) mass is 377 g/mol. The van der Waals surface area contributed by atoms with Gasteiger partial charge in [-0.3, -0.25) is 4.79 Å². The predicted molar refractivity (Wildman–Crippen MR) is 91.3 cm³/mol. The molecule has 0 bridgehead atoms. The van der Waals surface area contributed by atoms with Gasteiger partial charge in [-0.05, 0) is 52.7 Å². The first-order valence-electron chi connectivity index (χ1n) is 7.09. The van der Waals surface area contributed by atoms with Gasteiger partial charge in [-0.25, -0.2) is 4.79 Å². The SMILES string of the molecule is CCCOc1ccc(C(=O)Nc2ccccc2C(=O)O)cc1Br. The third kappa shape index (κ3) is 4.32. The number of benzene rings is 2. The fourth-order valence-corrected chi connectivity index (χ4v) is 2.44. The van der Waals surface area contributed by atoms with Gasteiger partial charge in [-0.1, -0.05) is 19.1 Å². The fraction of sp³-hybridized carbons (Fsp3) is 0.176. The van der Waals surface area contributed by atoms with Crippen molar-refractivity contribution in [1.82, 2.24) is 0 Å². The Hall–Kier alpha value is -2.34. The molecule has 0 saturated heterocycles. The van der Waals surface area contributed by atoms with E-state index in [0.717, 1.165) is 6.42 Å². The molecule has 0 aliphatic rings. The van der Waals surface area contributed by atoms with E-state index in [-0.39, 0.29) is 17.2 Å².